The van der Waals surface area contributed by atoms with Gasteiger partial charge < -0.3 is 4.90 Å². The van der Waals surface area contributed by atoms with Gasteiger partial charge in [-0.2, -0.15) is 0 Å². The summed E-state index contributed by atoms with van der Waals surface area (Å²) in [5, 5.41) is 1.47. The highest BCUT2D eigenvalue weighted by molar-refractivity contribution is 8.70. The average molecular weight is 438 g/mol. The fourth-order valence-corrected chi connectivity index (χ4v) is 7.98. The van der Waals surface area contributed by atoms with Crippen molar-refractivity contribution in [2.75, 3.05) is 29.6 Å². The summed E-state index contributed by atoms with van der Waals surface area (Å²) in [7, 11) is 1.59. The van der Waals surface area contributed by atoms with Crippen LogP contribution in [0.2, 0.25) is 0 Å². The lowest BCUT2D eigenvalue weighted by Gasteiger charge is -2.46. The molecule has 0 aromatic carbocycles. The van der Waals surface area contributed by atoms with E-state index in [1.165, 1.54) is 42.8 Å². The molecule has 2 aliphatic carbocycles. The molecule has 3 aliphatic rings. The van der Waals surface area contributed by atoms with Gasteiger partial charge in [-0.15, -0.1) is 23.4 Å². The molecule has 2 saturated carbocycles. The summed E-state index contributed by atoms with van der Waals surface area (Å²) >= 11 is 6.18. The summed E-state index contributed by atoms with van der Waals surface area (Å²) < 4.78 is 0. The standard InChI is InChI=1S/C22H35N3S3/c1-14-9-19(17(4)27-13-28-26)11-23-22(14)24-7-8-25(15(2)12-24)21-10-18-5-6-20(21)16(18)3/h9,11,15-18,20-21,26H,5-8,10,12-13H2,1-4H3/t15-,16+,17?,18-,20-,21-/m0/s1. The molecule has 0 amide bonds. The first-order valence-electron chi connectivity index (χ1n) is 10.8. The second-order valence-corrected chi connectivity index (χ2v) is 12.2. The topological polar surface area (TPSA) is 19.4 Å². The summed E-state index contributed by atoms with van der Waals surface area (Å²) in [5.41, 5.74) is 2.65. The maximum atomic E-state index is 4.91. The molecule has 0 N–H and O–H groups in total. The molecule has 6 atom stereocenters. The van der Waals surface area contributed by atoms with Crippen molar-refractivity contribution in [3.05, 3.63) is 23.4 Å². The number of hydrogen-bond acceptors (Lipinski definition) is 6. The van der Waals surface area contributed by atoms with Gasteiger partial charge in [-0.05, 0) is 75.0 Å². The number of anilines is 1. The minimum atomic E-state index is 0.468. The van der Waals surface area contributed by atoms with Gasteiger partial charge in [-0.25, -0.2) is 4.98 Å². The largest absolute Gasteiger partial charge is 0.354 e. The molecule has 2 heterocycles. The molecule has 3 fully saturated rings. The normalized spacial score (nSPS) is 34.2. The summed E-state index contributed by atoms with van der Waals surface area (Å²) in [4.78, 5) is 10.3. The second kappa shape index (κ2) is 8.99. The van der Waals surface area contributed by atoms with Crippen LogP contribution < -0.4 is 4.90 Å². The van der Waals surface area contributed by atoms with Crippen LogP contribution in [0.1, 0.15) is 56.4 Å². The van der Waals surface area contributed by atoms with Crippen LogP contribution in [-0.4, -0.2) is 46.7 Å². The van der Waals surface area contributed by atoms with Crippen molar-refractivity contribution in [2.24, 2.45) is 17.8 Å². The van der Waals surface area contributed by atoms with E-state index in [1.807, 2.05) is 11.8 Å². The second-order valence-electron chi connectivity index (χ2n) is 9.16. The molecule has 1 aromatic rings. The molecule has 28 heavy (non-hydrogen) atoms. The third-order valence-corrected chi connectivity index (χ3v) is 10.3. The molecule has 1 aromatic heterocycles. The van der Waals surface area contributed by atoms with Crippen molar-refractivity contribution in [2.45, 2.75) is 64.3 Å². The van der Waals surface area contributed by atoms with E-state index in [9.17, 15) is 0 Å². The van der Waals surface area contributed by atoms with Crippen LogP contribution in [0.4, 0.5) is 5.82 Å². The van der Waals surface area contributed by atoms with Gasteiger partial charge in [0.05, 0.1) is 0 Å². The SMILES string of the molecule is Cc1cc(C(C)SCSS)cnc1N1CCN([C@H]2C[C@@H]3CC[C@H]2[C@@H]3C)[C@@H](C)C1. The fourth-order valence-electron chi connectivity index (χ4n) is 6.05. The Labute approximate surface area is 184 Å². The maximum absolute atomic E-state index is 4.91. The lowest BCUT2D eigenvalue weighted by molar-refractivity contribution is 0.0866. The summed E-state index contributed by atoms with van der Waals surface area (Å²) in [6.07, 6.45) is 6.49. The van der Waals surface area contributed by atoms with E-state index in [-0.39, 0.29) is 0 Å². The predicted molar refractivity (Wildman–Crippen MR) is 129 cm³/mol. The molecule has 6 heteroatoms. The monoisotopic (exact) mass is 437 g/mol. The Balaban J connectivity index is 1.40. The molecule has 156 valence electrons. The number of piperazine rings is 1. The number of aryl methyl sites for hydroxylation is 1. The summed E-state index contributed by atoms with van der Waals surface area (Å²) in [5.74, 6) is 4.09. The van der Waals surface area contributed by atoms with Crippen LogP contribution in [-0.2, 0) is 0 Å². The van der Waals surface area contributed by atoms with Crippen LogP contribution in [0.3, 0.4) is 0 Å². The van der Waals surface area contributed by atoms with E-state index in [0.717, 1.165) is 42.0 Å². The number of nitrogens with zero attached hydrogens (tertiary/aromatic N) is 3. The fraction of sp³-hybridized carbons (Fsp3) is 0.773. The molecule has 4 rings (SSSR count). The quantitative estimate of drug-likeness (QED) is 0.350. The number of thioether (sulfide) groups is 1. The van der Waals surface area contributed by atoms with E-state index in [0.29, 0.717) is 11.3 Å². The number of aromatic nitrogens is 1. The average Bonchev–Trinajstić information content (AvgIpc) is 3.20. The van der Waals surface area contributed by atoms with E-state index in [2.05, 4.69) is 61.4 Å². The molecule has 1 unspecified atom stereocenters. The van der Waals surface area contributed by atoms with Crippen molar-refractivity contribution < 1.29 is 0 Å². The van der Waals surface area contributed by atoms with E-state index >= 15 is 0 Å². The number of fused-ring (bicyclic) bond motifs is 2. The Bertz CT molecular complexity index is 685. The van der Waals surface area contributed by atoms with Crippen LogP contribution in [0.15, 0.2) is 12.3 Å². The Hall–Kier alpha value is -0.0400. The van der Waals surface area contributed by atoms with Gasteiger partial charge in [0.1, 0.15) is 5.82 Å². The Morgan fingerprint density at radius 2 is 2.11 bits per heavy atom. The molecule has 3 nitrogen and oxygen atoms in total. The molecular weight excluding hydrogens is 402 g/mol. The zero-order chi connectivity index (χ0) is 19.8. The van der Waals surface area contributed by atoms with Crippen molar-refractivity contribution in [1.82, 2.24) is 9.88 Å². The lowest BCUT2D eigenvalue weighted by atomic mass is 9.91. The van der Waals surface area contributed by atoms with Gasteiger partial charge >= 0.3 is 0 Å². The van der Waals surface area contributed by atoms with Gasteiger partial charge in [0.25, 0.3) is 0 Å². The Kier molecular flexibility index (Phi) is 6.81. The first-order valence-corrected chi connectivity index (χ1v) is 13.9. The first kappa shape index (κ1) is 21.2. The van der Waals surface area contributed by atoms with Crippen molar-refractivity contribution in [3.8, 4) is 0 Å². The number of pyridine rings is 1. The van der Waals surface area contributed by atoms with Crippen LogP contribution in [0, 0.1) is 24.7 Å². The Morgan fingerprint density at radius 3 is 2.71 bits per heavy atom. The van der Waals surface area contributed by atoms with Crippen molar-refractivity contribution in [3.63, 3.8) is 0 Å². The highest BCUT2D eigenvalue weighted by atomic mass is 33.1. The number of thiol groups is 1. The molecular formula is C22H35N3S3. The molecule has 2 bridgehead atoms. The minimum Gasteiger partial charge on any atom is -0.354 e. The molecule has 0 radical (unpaired) electrons. The lowest BCUT2D eigenvalue weighted by Crippen LogP contribution is -2.57. The highest BCUT2D eigenvalue weighted by Gasteiger charge is 2.48. The first-order chi connectivity index (χ1) is 13.5. The van der Waals surface area contributed by atoms with Crippen molar-refractivity contribution in [1.29, 1.82) is 0 Å². The number of rotatable bonds is 6. The van der Waals surface area contributed by atoms with E-state index in [4.69, 9.17) is 4.98 Å². The van der Waals surface area contributed by atoms with Gasteiger partial charge in [-0.1, -0.05) is 17.7 Å². The number of hydrogen-bond donors (Lipinski definition) is 1. The molecule has 0 spiro atoms. The highest BCUT2D eigenvalue weighted by Crippen LogP contribution is 2.51. The third-order valence-electron chi connectivity index (χ3n) is 7.64. The van der Waals surface area contributed by atoms with Crippen LogP contribution in [0.5, 0.6) is 0 Å². The summed E-state index contributed by atoms with van der Waals surface area (Å²) in [6.45, 7) is 12.8. The summed E-state index contributed by atoms with van der Waals surface area (Å²) in [6, 6.07) is 3.80. The zero-order valence-electron chi connectivity index (χ0n) is 17.7. The van der Waals surface area contributed by atoms with Crippen LogP contribution in [0.25, 0.3) is 0 Å². The molecule has 1 aliphatic heterocycles. The predicted octanol–water partition coefficient (Wildman–Crippen LogP) is 5.66. The smallest absolute Gasteiger partial charge is 0.131 e. The van der Waals surface area contributed by atoms with Gasteiger partial charge in [-0.3, -0.25) is 4.90 Å². The van der Waals surface area contributed by atoms with Gasteiger partial charge in [0.15, 0.2) is 0 Å². The third kappa shape index (κ3) is 4.08. The maximum Gasteiger partial charge on any atom is 0.131 e. The van der Waals surface area contributed by atoms with E-state index < -0.39 is 0 Å². The molecule has 1 saturated heterocycles. The Morgan fingerprint density at radius 1 is 1.29 bits per heavy atom. The van der Waals surface area contributed by atoms with Crippen LogP contribution >= 0.6 is 34.2 Å². The van der Waals surface area contributed by atoms with Gasteiger partial charge in [0.2, 0.25) is 0 Å². The zero-order valence-corrected chi connectivity index (χ0v) is 20.2. The van der Waals surface area contributed by atoms with E-state index in [1.54, 1.807) is 10.8 Å². The van der Waals surface area contributed by atoms with Gasteiger partial charge in [0, 0.05) is 48.2 Å². The van der Waals surface area contributed by atoms with Crippen molar-refractivity contribution >= 4 is 40.0 Å². The minimum absolute atomic E-state index is 0.468.